The molecule has 0 saturated carbocycles. The van der Waals surface area contributed by atoms with Crippen LogP contribution in [-0.4, -0.2) is 71.5 Å². The van der Waals surface area contributed by atoms with Crippen molar-refractivity contribution in [3.63, 3.8) is 0 Å². The molecule has 0 radical (unpaired) electrons. The fraction of sp³-hybridized carbons (Fsp3) is 0.756. The molecule has 0 aliphatic carbocycles. The quantitative estimate of drug-likeness (QED) is 0.0436. The summed E-state index contributed by atoms with van der Waals surface area (Å²) in [6, 6.07) is 11.9. The van der Waals surface area contributed by atoms with Crippen LogP contribution in [0.2, 0.25) is 16.6 Å². The molecule has 8 nitrogen and oxygen atoms in total. The number of benzene rings is 1. The van der Waals surface area contributed by atoms with E-state index in [1.165, 1.54) is 91.3 Å². The van der Waals surface area contributed by atoms with Gasteiger partial charge in [0.2, 0.25) is 0 Å². The Hall–Kier alpha value is -1.71. The van der Waals surface area contributed by atoms with E-state index in [1.807, 2.05) is 18.7 Å². The number of ether oxygens (including phenoxy) is 2. The van der Waals surface area contributed by atoms with Gasteiger partial charge in [-0.2, -0.15) is 0 Å². The first-order valence-corrected chi connectivity index (χ1v) is 28.0. The molecule has 320 valence electrons. The van der Waals surface area contributed by atoms with Crippen molar-refractivity contribution in [3.05, 3.63) is 63.4 Å². The summed E-state index contributed by atoms with van der Waals surface area (Å²) in [6.07, 6.45) is 16.1. The maximum absolute atomic E-state index is 14.2. The number of nitrogens with zero attached hydrogens (tertiary/aromatic N) is 1. The third kappa shape index (κ3) is 13.1. The molecule has 1 N–H and O–H groups in total. The van der Waals surface area contributed by atoms with Crippen molar-refractivity contribution in [1.82, 2.24) is 9.55 Å². The topological polar surface area (TPSA) is 99.6 Å². The van der Waals surface area contributed by atoms with Gasteiger partial charge in [0.25, 0.3) is 5.56 Å². The van der Waals surface area contributed by atoms with Crippen molar-refractivity contribution in [2.24, 2.45) is 0 Å². The molecule has 2 unspecified atom stereocenters. The fourth-order valence-electron chi connectivity index (χ4n) is 9.62. The van der Waals surface area contributed by atoms with Gasteiger partial charge in [0.05, 0.1) is 0 Å². The van der Waals surface area contributed by atoms with E-state index >= 15 is 0 Å². The summed E-state index contributed by atoms with van der Waals surface area (Å²) in [7, 11) is -3.93. The number of carbonyl (C=O) groups is 1. The predicted molar refractivity (Wildman–Crippen MR) is 243 cm³/mol. The summed E-state index contributed by atoms with van der Waals surface area (Å²) < 4.78 is 21.7. The Bertz CT molecular complexity index is 1520. The molecular formula is C45H79N2O6PSSi. The molecular weight excluding hydrogens is 756 g/mol. The van der Waals surface area contributed by atoms with Crippen LogP contribution in [0.1, 0.15) is 153 Å². The van der Waals surface area contributed by atoms with Gasteiger partial charge in [-0.05, 0) is 16.6 Å². The van der Waals surface area contributed by atoms with Gasteiger partial charge >= 0.3 is 257 Å². The number of esters is 1. The fourth-order valence-corrected chi connectivity index (χ4v) is 22.2. The van der Waals surface area contributed by atoms with Crippen LogP contribution in [0.3, 0.4) is 0 Å². The van der Waals surface area contributed by atoms with E-state index in [0.29, 0.717) is 12.8 Å². The summed E-state index contributed by atoms with van der Waals surface area (Å²) in [5.41, 5.74) is -0.259. The van der Waals surface area contributed by atoms with Crippen molar-refractivity contribution in [2.45, 2.75) is 198 Å². The third-order valence-corrected chi connectivity index (χ3v) is 25.8. The molecule has 0 amide bonds. The van der Waals surface area contributed by atoms with Crippen LogP contribution in [0.25, 0.3) is 0 Å². The van der Waals surface area contributed by atoms with E-state index in [-0.39, 0.29) is 33.8 Å². The number of hydrogen-bond donors (Lipinski definition) is 1. The predicted octanol–water partition coefficient (Wildman–Crippen LogP) is 11.6. The van der Waals surface area contributed by atoms with Gasteiger partial charge in [-0.1, -0.05) is 41.5 Å². The Morgan fingerprint density at radius 2 is 1.39 bits per heavy atom. The molecule has 2 aromatic rings. The van der Waals surface area contributed by atoms with Crippen molar-refractivity contribution >= 4 is 33.3 Å². The van der Waals surface area contributed by atoms with E-state index in [9.17, 15) is 14.4 Å². The number of carbonyl (C=O) groups excluding carboxylic acids is 1. The molecule has 1 aliphatic heterocycles. The second-order valence-corrected chi connectivity index (χ2v) is 29.9. The summed E-state index contributed by atoms with van der Waals surface area (Å²) in [6.45, 7) is 24.7. The minimum absolute atomic E-state index is 0.145. The van der Waals surface area contributed by atoms with Gasteiger partial charge < -0.3 is 0 Å². The molecule has 3 rings (SSSR count). The Morgan fingerprint density at radius 3 is 1.89 bits per heavy atom. The van der Waals surface area contributed by atoms with E-state index in [0.717, 1.165) is 6.42 Å². The van der Waals surface area contributed by atoms with Gasteiger partial charge in [0, 0.05) is 12.3 Å². The number of unbranched alkanes of at least 4 members (excludes halogenated alkanes) is 3. The van der Waals surface area contributed by atoms with Gasteiger partial charge in [0.15, 0.2) is 0 Å². The van der Waals surface area contributed by atoms with Gasteiger partial charge in [-0.15, -0.1) is 0 Å². The van der Waals surface area contributed by atoms with Crippen LogP contribution < -0.4 is 11.2 Å². The van der Waals surface area contributed by atoms with Crippen LogP contribution in [0.4, 0.5) is 0 Å². The van der Waals surface area contributed by atoms with Crippen LogP contribution >= 0.6 is 19.0 Å². The summed E-state index contributed by atoms with van der Waals surface area (Å²) in [5.74, 6) is -0.261. The second kappa shape index (κ2) is 23.2. The zero-order valence-electron chi connectivity index (χ0n) is 37.0. The van der Waals surface area contributed by atoms with Gasteiger partial charge in [0.1, 0.15) is 0 Å². The third-order valence-electron chi connectivity index (χ3n) is 12.7. The number of aromatic amines is 1. The van der Waals surface area contributed by atoms with Gasteiger partial charge in [-0.25, -0.2) is 4.79 Å². The number of thioether (sulfide) groups is 1. The van der Waals surface area contributed by atoms with Crippen molar-refractivity contribution < 1.29 is 18.7 Å². The van der Waals surface area contributed by atoms with Crippen LogP contribution in [-0.2, 0) is 18.7 Å². The number of rotatable bonds is 26. The molecule has 1 aromatic heterocycles. The second-order valence-electron chi connectivity index (χ2n) is 17.9. The standard InChI is InChI=1S/C45H79N2O6PSSi/c1-12-16-30-54(31-17-13-2,32-18-14-3)33-22-27-45(11,55-37-23-20-19-21-24-37)28-25-40(49)52-41-38(15-4)51-43(47-29-26-39(48)46-44(47)50)42(41)53-56(34(5)6,35(7)8)36(9)10/h19-21,23-24,26,29,34-36,38,41-43,54H,12-18,22,25,27-28,30-33H2,1-11H3,(H,46,48,50)/t38-,41?,42+,43-,45?/m1/s1. The molecule has 1 aliphatic rings. The zero-order valence-corrected chi connectivity index (χ0v) is 39.8. The molecule has 2 heterocycles. The average molecular weight is 835 g/mol. The molecule has 1 saturated heterocycles. The molecule has 5 atom stereocenters. The van der Waals surface area contributed by atoms with E-state index < -0.39 is 51.4 Å². The SMILES string of the molecule is CCCC[PH](CCCC)(CCCC)CCCC(C)(CCC(=O)OC1[C@@H](CC)O[C@@H](n2ccc(=O)[nH]c2=O)[C@H]1O[Si](C(C)C)(C(C)C)C(C)C)Sc1ccccc1. The molecule has 56 heavy (non-hydrogen) atoms. The van der Waals surface area contributed by atoms with Crippen molar-refractivity contribution in [3.8, 4) is 0 Å². The maximum atomic E-state index is 14.2. The molecule has 0 spiro atoms. The van der Waals surface area contributed by atoms with Crippen molar-refractivity contribution in [1.29, 1.82) is 0 Å². The summed E-state index contributed by atoms with van der Waals surface area (Å²) in [4.78, 5) is 43.1. The first-order chi connectivity index (χ1) is 26.6. The molecule has 1 fully saturated rings. The van der Waals surface area contributed by atoms with Crippen LogP contribution in [0.15, 0.2) is 57.1 Å². The van der Waals surface area contributed by atoms with Crippen LogP contribution in [0.5, 0.6) is 0 Å². The number of aromatic nitrogens is 2. The first kappa shape index (κ1) is 48.7. The number of nitrogens with one attached hydrogen (secondary N) is 1. The van der Waals surface area contributed by atoms with Crippen molar-refractivity contribution in [2.75, 3.05) is 24.6 Å². The monoisotopic (exact) mass is 835 g/mol. The average Bonchev–Trinajstić information content (AvgIpc) is 3.49. The molecule has 11 heteroatoms. The van der Waals surface area contributed by atoms with E-state index in [4.69, 9.17) is 13.9 Å². The Labute approximate surface area is 345 Å². The Morgan fingerprint density at radius 1 is 0.839 bits per heavy atom. The Balaban J connectivity index is 1.92. The zero-order chi connectivity index (χ0) is 41.5. The van der Waals surface area contributed by atoms with Crippen LogP contribution in [0, 0.1) is 0 Å². The number of H-pyrrole nitrogens is 1. The first-order valence-electron chi connectivity index (χ1n) is 22.2. The van der Waals surface area contributed by atoms with E-state index in [1.54, 1.807) is 0 Å². The molecule has 0 bridgehead atoms. The normalized spacial score (nSPS) is 20.5. The Kier molecular flexibility index (Phi) is 20.1. The minimum atomic E-state index is -2.54. The van der Waals surface area contributed by atoms with E-state index in [2.05, 4.69) is 105 Å². The summed E-state index contributed by atoms with van der Waals surface area (Å²) >= 11 is 1.90. The summed E-state index contributed by atoms with van der Waals surface area (Å²) in [5, 5.41) is 0. The van der Waals surface area contributed by atoms with Gasteiger partial charge in [-0.3, -0.25) is 9.78 Å². The number of hydrogen-bond acceptors (Lipinski definition) is 7. The molecule has 1 aromatic carbocycles.